The fourth-order valence-corrected chi connectivity index (χ4v) is 3.49. The Hall–Kier alpha value is -2.38. The summed E-state index contributed by atoms with van der Waals surface area (Å²) in [6.07, 6.45) is 0. The van der Waals surface area contributed by atoms with Gasteiger partial charge in [-0.15, -0.1) is 0 Å². The van der Waals surface area contributed by atoms with Crippen LogP contribution in [0, 0.1) is 0 Å². The molecule has 0 saturated carbocycles. The lowest BCUT2D eigenvalue weighted by molar-refractivity contribution is 0.0773. The van der Waals surface area contributed by atoms with Crippen LogP contribution in [0.25, 0.3) is 0 Å². The highest BCUT2D eigenvalue weighted by Crippen LogP contribution is 2.14. The van der Waals surface area contributed by atoms with Crippen molar-refractivity contribution in [2.75, 3.05) is 20.2 Å². The van der Waals surface area contributed by atoms with E-state index >= 15 is 0 Å². The van der Waals surface area contributed by atoms with Gasteiger partial charge in [-0.05, 0) is 55.8 Å². The number of amides is 1. The van der Waals surface area contributed by atoms with Crippen molar-refractivity contribution in [3.63, 3.8) is 0 Å². The first-order valence-electron chi connectivity index (χ1n) is 8.43. The molecule has 0 unspecified atom stereocenters. The lowest BCUT2D eigenvalue weighted by Gasteiger charge is -2.18. The molecule has 0 spiro atoms. The van der Waals surface area contributed by atoms with Gasteiger partial charge in [0, 0.05) is 25.2 Å². The summed E-state index contributed by atoms with van der Waals surface area (Å²) in [6, 6.07) is 13.1. The van der Waals surface area contributed by atoms with Crippen molar-refractivity contribution >= 4 is 15.9 Å². The fourth-order valence-electron chi connectivity index (χ4n) is 2.48. The number of methoxy groups -OCH3 is 1. The zero-order valence-electron chi connectivity index (χ0n) is 15.2. The zero-order chi connectivity index (χ0) is 19.2. The van der Waals surface area contributed by atoms with Crippen LogP contribution in [0.3, 0.4) is 0 Å². The maximum Gasteiger partial charge on any atom is 0.253 e. The Morgan fingerprint density at radius 3 is 2.08 bits per heavy atom. The molecule has 0 saturated heterocycles. The number of sulfonamides is 1. The van der Waals surface area contributed by atoms with E-state index in [2.05, 4.69) is 4.72 Å². The summed E-state index contributed by atoms with van der Waals surface area (Å²) in [5.41, 5.74) is 1.30. The van der Waals surface area contributed by atoms with Gasteiger partial charge in [-0.25, -0.2) is 13.1 Å². The molecular formula is C19H24N2O4S. The van der Waals surface area contributed by atoms with Crippen LogP contribution in [0.5, 0.6) is 5.75 Å². The van der Waals surface area contributed by atoms with E-state index in [0.717, 1.165) is 5.56 Å². The highest BCUT2D eigenvalue weighted by atomic mass is 32.2. The first-order valence-corrected chi connectivity index (χ1v) is 9.91. The molecule has 0 aromatic heterocycles. The molecule has 0 fully saturated rings. The van der Waals surface area contributed by atoms with E-state index < -0.39 is 10.0 Å². The SMILES string of the molecule is CCN(CC)C(=O)c1ccc(S(=O)(=O)NCc2ccc(OC)cc2)cc1. The third-order valence-electron chi connectivity index (χ3n) is 4.09. The van der Waals surface area contributed by atoms with Gasteiger partial charge >= 0.3 is 0 Å². The molecule has 0 aliphatic heterocycles. The normalized spacial score (nSPS) is 11.2. The molecule has 26 heavy (non-hydrogen) atoms. The van der Waals surface area contributed by atoms with Crippen molar-refractivity contribution in [2.24, 2.45) is 0 Å². The van der Waals surface area contributed by atoms with Crippen LogP contribution in [-0.2, 0) is 16.6 Å². The van der Waals surface area contributed by atoms with E-state index in [1.54, 1.807) is 48.4 Å². The van der Waals surface area contributed by atoms with E-state index in [1.807, 2.05) is 13.8 Å². The number of carbonyl (C=O) groups is 1. The summed E-state index contributed by atoms with van der Waals surface area (Å²) >= 11 is 0. The minimum atomic E-state index is -3.65. The highest BCUT2D eigenvalue weighted by Gasteiger charge is 2.16. The molecule has 2 rings (SSSR count). The molecule has 0 heterocycles. The minimum Gasteiger partial charge on any atom is -0.497 e. The van der Waals surface area contributed by atoms with Gasteiger partial charge in [-0.1, -0.05) is 12.1 Å². The number of nitrogens with zero attached hydrogens (tertiary/aromatic N) is 1. The fraction of sp³-hybridized carbons (Fsp3) is 0.316. The van der Waals surface area contributed by atoms with Gasteiger partial charge in [-0.3, -0.25) is 4.79 Å². The van der Waals surface area contributed by atoms with Crippen molar-refractivity contribution in [1.29, 1.82) is 0 Å². The average Bonchev–Trinajstić information content (AvgIpc) is 2.68. The van der Waals surface area contributed by atoms with Crippen LogP contribution < -0.4 is 9.46 Å². The molecule has 140 valence electrons. The monoisotopic (exact) mass is 376 g/mol. The van der Waals surface area contributed by atoms with E-state index in [1.165, 1.54) is 12.1 Å². The number of hydrogen-bond acceptors (Lipinski definition) is 4. The van der Waals surface area contributed by atoms with Crippen LogP contribution in [0.15, 0.2) is 53.4 Å². The van der Waals surface area contributed by atoms with Gasteiger partial charge in [0.05, 0.1) is 12.0 Å². The molecule has 0 atom stereocenters. The highest BCUT2D eigenvalue weighted by molar-refractivity contribution is 7.89. The second kappa shape index (κ2) is 8.82. The Labute approximate surface area is 154 Å². The summed E-state index contributed by atoms with van der Waals surface area (Å²) in [6.45, 7) is 5.21. The largest absolute Gasteiger partial charge is 0.497 e. The van der Waals surface area contributed by atoms with Crippen molar-refractivity contribution in [1.82, 2.24) is 9.62 Å². The second-order valence-electron chi connectivity index (χ2n) is 5.67. The summed E-state index contributed by atoms with van der Waals surface area (Å²) in [7, 11) is -2.08. The summed E-state index contributed by atoms with van der Waals surface area (Å²) in [5.74, 6) is 0.607. The summed E-state index contributed by atoms with van der Waals surface area (Å²) < 4.78 is 32.5. The molecule has 2 aromatic rings. The first-order chi connectivity index (χ1) is 12.4. The number of ether oxygens (including phenoxy) is 1. The molecule has 0 aliphatic carbocycles. The molecular weight excluding hydrogens is 352 g/mol. The predicted molar refractivity (Wildman–Crippen MR) is 101 cm³/mol. The van der Waals surface area contributed by atoms with Crippen molar-refractivity contribution < 1.29 is 17.9 Å². The molecule has 0 aliphatic rings. The second-order valence-corrected chi connectivity index (χ2v) is 7.44. The topological polar surface area (TPSA) is 75.7 Å². The van der Waals surface area contributed by atoms with Gasteiger partial charge in [0.2, 0.25) is 10.0 Å². The average molecular weight is 376 g/mol. The zero-order valence-corrected chi connectivity index (χ0v) is 16.0. The van der Waals surface area contributed by atoms with Crippen LogP contribution >= 0.6 is 0 Å². The van der Waals surface area contributed by atoms with Crippen LogP contribution in [0.4, 0.5) is 0 Å². The van der Waals surface area contributed by atoms with Crippen LogP contribution in [0.1, 0.15) is 29.8 Å². The maximum absolute atomic E-state index is 12.4. The molecule has 6 nitrogen and oxygen atoms in total. The third kappa shape index (κ3) is 4.83. The Morgan fingerprint density at radius 1 is 1.00 bits per heavy atom. The Morgan fingerprint density at radius 2 is 1.58 bits per heavy atom. The quantitative estimate of drug-likeness (QED) is 0.768. The molecule has 0 radical (unpaired) electrons. The number of carbonyl (C=O) groups excluding carboxylic acids is 1. The maximum atomic E-state index is 12.4. The third-order valence-corrected chi connectivity index (χ3v) is 5.50. The van der Waals surface area contributed by atoms with Gasteiger partial charge < -0.3 is 9.64 Å². The summed E-state index contributed by atoms with van der Waals surface area (Å²) in [4.78, 5) is 14.1. The lowest BCUT2D eigenvalue weighted by atomic mass is 10.2. The van der Waals surface area contributed by atoms with Gasteiger partial charge in [-0.2, -0.15) is 0 Å². The standard InChI is InChI=1S/C19H24N2O4S/c1-4-21(5-2)19(22)16-8-12-18(13-9-16)26(23,24)20-14-15-6-10-17(25-3)11-7-15/h6-13,20H,4-5,14H2,1-3H3. The van der Waals surface area contributed by atoms with Crippen LogP contribution in [0.2, 0.25) is 0 Å². The van der Waals surface area contributed by atoms with E-state index in [4.69, 9.17) is 4.74 Å². The smallest absolute Gasteiger partial charge is 0.253 e. The number of nitrogens with one attached hydrogen (secondary N) is 1. The molecule has 2 aromatic carbocycles. The van der Waals surface area contributed by atoms with E-state index in [0.29, 0.717) is 24.4 Å². The Bertz CT molecular complexity index is 827. The minimum absolute atomic E-state index is 0.106. The van der Waals surface area contributed by atoms with E-state index in [9.17, 15) is 13.2 Å². The summed E-state index contributed by atoms with van der Waals surface area (Å²) in [5, 5.41) is 0. The van der Waals surface area contributed by atoms with Gasteiger partial charge in [0.1, 0.15) is 5.75 Å². The molecule has 1 amide bonds. The van der Waals surface area contributed by atoms with Crippen molar-refractivity contribution in [3.8, 4) is 5.75 Å². The number of hydrogen-bond donors (Lipinski definition) is 1. The Kier molecular flexibility index (Phi) is 6.76. The van der Waals surface area contributed by atoms with Crippen LogP contribution in [-0.4, -0.2) is 39.4 Å². The van der Waals surface area contributed by atoms with Crippen molar-refractivity contribution in [2.45, 2.75) is 25.3 Å². The van der Waals surface area contributed by atoms with E-state index in [-0.39, 0.29) is 17.3 Å². The molecule has 0 bridgehead atoms. The van der Waals surface area contributed by atoms with Crippen molar-refractivity contribution in [3.05, 3.63) is 59.7 Å². The van der Waals surface area contributed by atoms with Gasteiger partial charge in [0.25, 0.3) is 5.91 Å². The first kappa shape index (κ1) is 19.9. The number of benzene rings is 2. The number of rotatable bonds is 8. The molecule has 7 heteroatoms. The Balaban J connectivity index is 2.07. The molecule has 1 N–H and O–H groups in total. The van der Waals surface area contributed by atoms with Gasteiger partial charge in [0.15, 0.2) is 0 Å². The predicted octanol–water partition coefficient (Wildman–Crippen LogP) is 2.66. The lowest BCUT2D eigenvalue weighted by Crippen LogP contribution is -2.30.